The minimum Gasteiger partial charge on any atom is -0.462 e. The van der Waals surface area contributed by atoms with Crippen LogP contribution in [0.4, 0.5) is 0 Å². The number of aliphatic hydroxyl groups excluding tert-OH is 2. The van der Waals surface area contributed by atoms with E-state index in [1.165, 1.54) is 103 Å². The molecule has 0 bridgehead atoms. The number of nitrogens with one attached hydrogen (secondary N) is 1. The zero-order chi connectivity index (χ0) is 40.3. The van der Waals surface area contributed by atoms with Gasteiger partial charge in [-0.1, -0.05) is 205 Å². The van der Waals surface area contributed by atoms with Crippen LogP contribution in [0.2, 0.25) is 0 Å². The van der Waals surface area contributed by atoms with Gasteiger partial charge in [0.2, 0.25) is 5.91 Å². The molecule has 0 saturated carbocycles. The van der Waals surface area contributed by atoms with Crippen molar-refractivity contribution in [3.63, 3.8) is 0 Å². The maximum absolute atomic E-state index is 13.1. The zero-order valence-electron chi connectivity index (χ0n) is 36.6. The van der Waals surface area contributed by atoms with E-state index in [-0.39, 0.29) is 24.9 Å². The standard InChI is InChI=1S/C49H91NO5/c1-4-7-10-13-16-19-21-23-25-26-29-31-34-37-40-45(55-49(54)42-39-36-33-30-27-24-22-20-17-14-11-8-5-2)43-48(53)50-46(44-51)47(52)41-38-35-32-28-18-15-12-9-6-3/h7,10,16,19,23,25,45-47,51-52H,4-6,8-9,11-15,17-18,20-22,24,26-44H2,1-3H3,(H,50,53)/b10-7+,19-16+,25-23+. The molecule has 0 rings (SSSR count). The molecule has 0 spiro atoms. The normalized spacial score (nSPS) is 13.6. The molecule has 0 heterocycles. The summed E-state index contributed by atoms with van der Waals surface area (Å²) in [5, 5.41) is 23.6. The van der Waals surface area contributed by atoms with Crippen LogP contribution >= 0.6 is 0 Å². The predicted molar refractivity (Wildman–Crippen MR) is 236 cm³/mol. The molecule has 0 aliphatic heterocycles. The van der Waals surface area contributed by atoms with E-state index in [2.05, 4.69) is 62.5 Å². The summed E-state index contributed by atoms with van der Waals surface area (Å²) in [6, 6.07) is -0.704. The minimum atomic E-state index is -0.789. The summed E-state index contributed by atoms with van der Waals surface area (Å²) in [4.78, 5) is 26.0. The molecule has 0 fully saturated rings. The highest BCUT2D eigenvalue weighted by molar-refractivity contribution is 5.77. The topological polar surface area (TPSA) is 95.9 Å². The van der Waals surface area contributed by atoms with E-state index < -0.39 is 18.2 Å². The number of carbonyl (C=O) groups is 2. The highest BCUT2D eigenvalue weighted by Crippen LogP contribution is 2.17. The molecule has 6 heteroatoms. The molecule has 0 aromatic rings. The van der Waals surface area contributed by atoms with Gasteiger partial charge in [0, 0.05) is 6.42 Å². The fourth-order valence-electron chi connectivity index (χ4n) is 7.15. The first-order valence-electron chi connectivity index (χ1n) is 23.7. The van der Waals surface area contributed by atoms with E-state index in [0.29, 0.717) is 19.3 Å². The number of esters is 1. The van der Waals surface area contributed by atoms with Crippen LogP contribution in [0.25, 0.3) is 0 Å². The monoisotopic (exact) mass is 774 g/mol. The molecule has 0 aliphatic carbocycles. The Balaban J connectivity index is 4.62. The van der Waals surface area contributed by atoms with Gasteiger partial charge in [0.05, 0.1) is 25.2 Å². The molecule has 3 unspecified atom stereocenters. The van der Waals surface area contributed by atoms with E-state index in [1.54, 1.807) is 0 Å². The van der Waals surface area contributed by atoms with E-state index >= 15 is 0 Å². The van der Waals surface area contributed by atoms with Gasteiger partial charge in [0.15, 0.2) is 0 Å². The van der Waals surface area contributed by atoms with Gasteiger partial charge in [-0.2, -0.15) is 0 Å². The van der Waals surface area contributed by atoms with Crippen molar-refractivity contribution in [2.45, 2.75) is 257 Å². The van der Waals surface area contributed by atoms with Crippen LogP contribution in [0.1, 0.15) is 239 Å². The predicted octanol–water partition coefficient (Wildman–Crippen LogP) is 13.7. The van der Waals surface area contributed by atoms with Gasteiger partial charge in [-0.05, 0) is 57.8 Å². The first-order chi connectivity index (χ1) is 27.0. The molecule has 322 valence electrons. The Morgan fingerprint density at radius 2 is 0.982 bits per heavy atom. The third-order valence-electron chi connectivity index (χ3n) is 10.7. The van der Waals surface area contributed by atoms with Crippen LogP contribution in [-0.4, -0.2) is 46.9 Å². The molecule has 0 aliphatic rings. The first kappa shape index (κ1) is 53.1. The largest absolute Gasteiger partial charge is 0.462 e. The van der Waals surface area contributed by atoms with Crippen molar-refractivity contribution in [1.82, 2.24) is 5.32 Å². The van der Waals surface area contributed by atoms with Gasteiger partial charge in [-0.3, -0.25) is 9.59 Å². The number of amides is 1. The van der Waals surface area contributed by atoms with Gasteiger partial charge in [-0.15, -0.1) is 0 Å². The highest BCUT2D eigenvalue weighted by Gasteiger charge is 2.24. The summed E-state index contributed by atoms with van der Waals surface area (Å²) >= 11 is 0. The molecule has 55 heavy (non-hydrogen) atoms. The highest BCUT2D eigenvalue weighted by atomic mass is 16.5. The number of hydrogen-bond acceptors (Lipinski definition) is 5. The molecule has 1 amide bonds. The molecular formula is C49H91NO5. The molecule has 3 N–H and O–H groups in total. The molecule has 0 aromatic heterocycles. The third-order valence-corrected chi connectivity index (χ3v) is 10.7. The first-order valence-corrected chi connectivity index (χ1v) is 23.7. The van der Waals surface area contributed by atoms with Crippen LogP contribution in [0.15, 0.2) is 36.5 Å². The number of hydrogen-bond donors (Lipinski definition) is 3. The molecule has 3 atom stereocenters. The minimum absolute atomic E-state index is 0.0656. The van der Waals surface area contributed by atoms with E-state index in [9.17, 15) is 19.8 Å². The number of unbranched alkanes of at least 4 members (excludes halogenated alkanes) is 24. The maximum Gasteiger partial charge on any atom is 0.306 e. The lowest BCUT2D eigenvalue weighted by Gasteiger charge is -2.24. The molecule has 6 nitrogen and oxygen atoms in total. The average Bonchev–Trinajstić information content (AvgIpc) is 3.18. The second-order valence-electron chi connectivity index (χ2n) is 16.1. The van der Waals surface area contributed by atoms with Gasteiger partial charge in [0.25, 0.3) is 0 Å². The second-order valence-corrected chi connectivity index (χ2v) is 16.1. The summed E-state index contributed by atoms with van der Waals surface area (Å²) in [6.07, 6.45) is 49.2. The zero-order valence-corrected chi connectivity index (χ0v) is 36.6. The van der Waals surface area contributed by atoms with Crippen molar-refractivity contribution in [1.29, 1.82) is 0 Å². The smallest absolute Gasteiger partial charge is 0.306 e. The van der Waals surface area contributed by atoms with Crippen molar-refractivity contribution in [3.8, 4) is 0 Å². The van der Waals surface area contributed by atoms with Crippen molar-refractivity contribution in [2.75, 3.05) is 6.61 Å². The van der Waals surface area contributed by atoms with Crippen molar-refractivity contribution < 1.29 is 24.5 Å². The van der Waals surface area contributed by atoms with Gasteiger partial charge < -0.3 is 20.3 Å². The van der Waals surface area contributed by atoms with Crippen LogP contribution in [-0.2, 0) is 14.3 Å². The molecule has 0 saturated heterocycles. The van der Waals surface area contributed by atoms with E-state index in [1.807, 2.05) is 0 Å². The summed E-state index contributed by atoms with van der Waals surface area (Å²) in [6.45, 7) is 6.34. The fraction of sp³-hybridized carbons (Fsp3) is 0.837. The summed E-state index contributed by atoms with van der Waals surface area (Å²) in [7, 11) is 0. The third kappa shape index (κ3) is 38.7. The lowest BCUT2D eigenvalue weighted by atomic mass is 10.0. The number of aliphatic hydroxyl groups is 2. The number of ether oxygens (including phenoxy) is 1. The molecule has 0 radical (unpaired) electrons. The Morgan fingerprint density at radius 3 is 1.49 bits per heavy atom. The number of allylic oxidation sites excluding steroid dienone is 6. The number of rotatable bonds is 42. The number of carbonyl (C=O) groups excluding carboxylic acids is 2. The van der Waals surface area contributed by atoms with Crippen molar-refractivity contribution >= 4 is 11.9 Å². The Bertz CT molecular complexity index is 915. The summed E-state index contributed by atoms with van der Waals surface area (Å²) in [5.74, 6) is -0.491. The van der Waals surface area contributed by atoms with Gasteiger partial charge in [-0.25, -0.2) is 0 Å². The van der Waals surface area contributed by atoms with Crippen LogP contribution in [0, 0.1) is 0 Å². The van der Waals surface area contributed by atoms with Gasteiger partial charge in [0.1, 0.15) is 6.10 Å². The quantitative estimate of drug-likeness (QED) is 0.0326. The molecule has 0 aromatic carbocycles. The van der Waals surface area contributed by atoms with Crippen molar-refractivity contribution in [3.05, 3.63) is 36.5 Å². The van der Waals surface area contributed by atoms with Crippen LogP contribution < -0.4 is 5.32 Å². The Labute approximate surface area is 341 Å². The lowest BCUT2D eigenvalue weighted by molar-refractivity contribution is -0.151. The Hall–Kier alpha value is -1.92. The maximum atomic E-state index is 13.1. The Kier molecular flexibility index (Phi) is 41.7. The Morgan fingerprint density at radius 1 is 0.545 bits per heavy atom. The van der Waals surface area contributed by atoms with Crippen LogP contribution in [0.3, 0.4) is 0 Å². The van der Waals surface area contributed by atoms with Crippen molar-refractivity contribution in [2.24, 2.45) is 0 Å². The summed E-state index contributed by atoms with van der Waals surface area (Å²) < 4.78 is 5.90. The second kappa shape index (κ2) is 43.2. The molecular weight excluding hydrogens is 683 g/mol. The average molecular weight is 774 g/mol. The van der Waals surface area contributed by atoms with Crippen LogP contribution in [0.5, 0.6) is 0 Å². The lowest BCUT2D eigenvalue weighted by Crippen LogP contribution is -2.46. The van der Waals surface area contributed by atoms with Gasteiger partial charge >= 0.3 is 5.97 Å². The SMILES string of the molecule is CC/C=C/C/C=C/C/C=C/CCCCCCC(CC(=O)NC(CO)C(O)CCCCCCCCCCC)OC(=O)CCCCCCCCCCCCCCC. The summed E-state index contributed by atoms with van der Waals surface area (Å²) in [5.41, 5.74) is 0. The fourth-order valence-corrected chi connectivity index (χ4v) is 7.15. The van der Waals surface area contributed by atoms with E-state index in [4.69, 9.17) is 4.74 Å². The van der Waals surface area contributed by atoms with E-state index in [0.717, 1.165) is 89.9 Å².